The van der Waals surface area contributed by atoms with Crippen LogP contribution in [0.3, 0.4) is 0 Å². The van der Waals surface area contributed by atoms with E-state index < -0.39 is 6.10 Å². The number of aliphatic hydroxyl groups excluding tert-OH is 1. The van der Waals surface area contributed by atoms with E-state index in [0.29, 0.717) is 19.3 Å². The Kier molecular flexibility index (Phi) is 6.74. The lowest BCUT2D eigenvalue weighted by Gasteiger charge is -2.43. The van der Waals surface area contributed by atoms with E-state index in [4.69, 9.17) is 14.0 Å². The summed E-state index contributed by atoms with van der Waals surface area (Å²) >= 11 is 0. The third kappa shape index (κ3) is 5.46. The summed E-state index contributed by atoms with van der Waals surface area (Å²) in [5, 5.41) is 10.0. The Balaban J connectivity index is 1.71. The number of hydrogen-bond acceptors (Lipinski definition) is 5. The van der Waals surface area contributed by atoms with Crippen molar-refractivity contribution < 1.29 is 23.9 Å². The van der Waals surface area contributed by atoms with E-state index in [-0.39, 0.29) is 36.6 Å². The van der Waals surface area contributed by atoms with Crippen LogP contribution < -0.4 is 0 Å². The van der Waals surface area contributed by atoms with Gasteiger partial charge in [0, 0.05) is 0 Å². The number of carbonyl (C=O) groups is 1. The van der Waals surface area contributed by atoms with Crippen molar-refractivity contribution in [3.8, 4) is 0 Å². The Morgan fingerprint density at radius 2 is 2.17 bits per heavy atom. The van der Waals surface area contributed by atoms with Gasteiger partial charge in [-0.1, -0.05) is 27.2 Å². The van der Waals surface area contributed by atoms with Crippen LogP contribution in [0.25, 0.3) is 0 Å². The maximum atomic E-state index is 11.6. The molecule has 0 bridgehead atoms. The van der Waals surface area contributed by atoms with Crippen LogP contribution in [0.2, 0.25) is 6.32 Å². The summed E-state index contributed by atoms with van der Waals surface area (Å²) in [5.41, 5.74) is 0.0573. The second-order valence-electron chi connectivity index (χ2n) is 8.37. The van der Waals surface area contributed by atoms with E-state index in [1.807, 2.05) is 6.92 Å². The molecule has 1 heterocycles. The second kappa shape index (κ2) is 8.20. The molecule has 1 N–H and O–H groups in total. The first-order valence-corrected chi connectivity index (χ1v) is 9.41. The van der Waals surface area contributed by atoms with Crippen molar-refractivity contribution in [1.29, 1.82) is 0 Å². The van der Waals surface area contributed by atoms with Crippen molar-refractivity contribution in [2.45, 2.75) is 96.8 Å². The van der Waals surface area contributed by atoms with Crippen LogP contribution in [0.4, 0.5) is 0 Å². The molecule has 2 fully saturated rings. The maximum Gasteiger partial charge on any atom is 0.457 e. The predicted octanol–water partition coefficient (Wildman–Crippen LogP) is 3.34. The molecule has 2 rings (SSSR count). The van der Waals surface area contributed by atoms with Gasteiger partial charge in [0.15, 0.2) is 0 Å². The average molecular weight is 340 g/mol. The number of fused-ring (bicyclic) bond motifs is 1. The average Bonchev–Trinajstić information content (AvgIpc) is 2.79. The van der Waals surface area contributed by atoms with Crippen molar-refractivity contribution in [3.05, 3.63) is 0 Å². The number of aliphatic hydroxyl groups is 1. The predicted molar refractivity (Wildman–Crippen MR) is 93.7 cm³/mol. The zero-order valence-corrected chi connectivity index (χ0v) is 15.7. The molecule has 0 spiro atoms. The highest BCUT2D eigenvalue weighted by atomic mass is 16.7. The summed E-state index contributed by atoms with van der Waals surface area (Å²) in [4.78, 5) is 11.6. The molecule has 1 saturated heterocycles. The second-order valence-corrected chi connectivity index (χ2v) is 8.37. The highest BCUT2D eigenvalue weighted by molar-refractivity contribution is 6.45. The first-order chi connectivity index (χ1) is 11.2. The van der Waals surface area contributed by atoms with E-state index in [0.717, 1.165) is 32.1 Å². The minimum absolute atomic E-state index is 0.0458. The Morgan fingerprint density at radius 3 is 2.88 bits per heavy atom. The van der Waals surface area contributed by atoms with Gasteiger partial charge in [-0.15, -0.1) is 0 Å². The number of hydrogen-bond donors (Lipinski definition) is 1. The van der Waals surface area contributed by atoms with E-state index in [9.17, 15) is 9.90 Å². The van der Waals surface area contributed by atoms with E-state index in [1.165, 1.54) is 0 Å². The van der Waals surface area contributed by atoms with Gasteiger partial charge < -0.3 is 19.2 Å². The van der Waals surface area contributed by atoms with Crippen LogP contribution in [-0.2, 0) is 18.8 Å². The van der Waals surface area contributed by atoms with Crippen molar-refractivity contribution in [1.82, 2.24) is 0 Å². The van der Waals surface area contributed by atoms with E-state index >= 15 is 0 Å². The van der Waals surface area contributed by atoms with Gasteiger partial charge in [0.05, 0.1) is 30.8 Å². The van der Waals surface area contributed by atoms with Gasteiger partial charge in [0.2, 0.25) is 0 Å². The lowest BCUT2D eigenvalue weighted by molar-refractivity contribution is -0.146. The van der Waals surface area contributed by atoms with Crippen LogP contribution in [0, 0.1) is 5.41 Å². The molecule has 0 aromatic rings. The Labute approximate surface area is 146 Å². The molecule has 3 unspecified atom stereocenters. The largest absolute Gasteiger partial charge is 0.466 e. The summed E-state index contributed by atoms with van der Waals surface area (Å²) in [6.07, 6.45) is 5.60. The van der Waals surface area contributed by atoms with Gasteiger partial charge in [-0.2, -0.15) is 0 Å². The zero-order valence-electron chi connectivity index (χ0n) is 15.7. The maximum absolute atomic E-state index is 11.6. The van der Waals surface area contributed by atoms with Gasteiger partial charge in [0.1, 0.15) is 0 Å². The minimum Gasteiger partial charge on any atom is -0.466 e. The number of esters is 1. The summed E-state index contributed by atoms with van der Waals surface area (Å²) in [6.45, 7) is 9.18. The van der Waals surface area contributed by atoms with E-state index in [1.54, 1.807) is 0 Å². The molecule has 0 radical (unpaired) electrons. The third-order valence-electron chi connectivity index (χ3n) is 5.21. The number of ether oxygens (including phenoxy) is 1. The molecule has 0 aromatic carbocycles. The van der Waals surface area contributed by atoms with Gasteiger partial charge in [-0.3, -0.25) is 4.79 Å². The third-order valence-corrected chi connectivity index (χ3v) is 5.21. The molecule has 24 heavy (non-hydrogen) atoms. The summed E-state index contributed by atoms with van der Waals surface area (Å²) < 4.78 is 17.3. The van der Waals surface area contributed by atoms with Gasteiger partial charge in [-0.05, 0) is 50.8 Å². The molecule has 1 aliphatic heterocycles. The van der Waals surface area contributed by atoms with Crippen molar-refractivity contribution >= 4 is 13.1 Å². The first kappa shape index (κ1) is 19.7. The highest BCUT2D eigenvalue weighted by Gasteiger charge is 2.52. The molecular formula is C18H33BO5. The Bertz CT molecular complexity index is 428. The van der Waals surface area contributed by atoms with Gasteiger partial charge in [-0.25, -0.2) is 0 Å². The lowest BCUT2D eigenvalue weighted by Crippen LogP contribution is -2.45. The van der Waals surface area contributed by atoms with Crippen LogP contribution in [0.15, 0.2) is 0 Å². The Morgan fingerprint density at radius 1 is 1.42 bits per heavy atom. The number of carbonyl (C=O) groups excluding carboxylic acids is 1. The molecular weight excluding hydrogens is 307 g/mol. The topological polar surface area (TPSA) is 65.0 Å². The SMILES string of the molecule is CCCCOC(=O)CC(O)CCB1OC2CCC(C)(C)CC2(C)O1. The van der Waals surface area contributed by atoms with Crippen LogP contribution in [-0.4, -0.2) is 42.6 Å². The molecule has 1 saturated carbocycles. The van der Waals surface area contributed by atoms with Crippen molar-refractivity contribution in [3.63, 3.8) is 0 Å². The van der Waals surface area contributed by atoms with Crippen molar-refractivity contribution in [2.24, 2.45) is 5.41 Å². The standard InChI is InChI=1S/C18H33BO5/c1-5-6-11-22-16(21)12-14(20)8-10-19-23-15-7-9-17(2,3)13-18(15,4)24-19/h14-15,20H,5-13H2,1-4H3. The summed E-state index contributed by atoms with van der Waals surface area (Å²) in [7, 11) is -0.278. The summed E-state index contributed by atoms with van der Waals surface area (Å²) in [6, 6.07) is 0. The monoisotopic (exact) mass is 340 g/mol. The Hall–Kier alpha value is -0.585. The minimum atomic E-state index is -0.696. The normalized spacial score (nSPS) is 30.0. The number of unbranched alkanes of at least 4 members (excludes halogenated alkanes) is 1. The zero-order chi connectivity index (χ0) is 17.8. The summed E-state index contributed by atoms with van der Waals surface area (Å²) in [5.74, 6) is -0.327. The molecule has 0 aromatic heterocycles. The van der Waals surface area contributed by atoms with Crippen LogP contribution >= 0.6 is 0 Å². The smallest absolute Gasteiger partial charge is 0.457 e. The molecule has 5 nitrogen and oxygen atoms in total. The number of rotatable bonds is 8. The molecule has 1 aliphatic carbocycles. The van der Waals surface area contributed by atoms with Gasteiger partial charge >= 0.3 is 13.1 Å². The van der Waals surface area contributed by atoms with Crippen LogP contribution in [0.5, 0.6) is 0 Å². The fraction of sp³-hybridized carbons (Fsp3) is 0.944. The first-order valence-electron chi connectivity index (χ1n) is 9.41. The highest BCUT2D eigenvalue weighted by Crippen LogP contribution is 2.47. The molecule has 3 atom stereocenters. The lowest BCUT2D eigenvalue weighted by atomic mass is 9.69. The van der Waals surface area contributed by atoms with Crippen LogP contribution in [0.1, 0.15) is 72.6 Å². The van der Waals surface area contributed by atoms with Crippen molar-refractivity contribution in [2.75, 3.05) is 6.61 Å². The molecule has 138 valence electrons. The van der Waals surface area contributed by atoms with Gasteiger partial charge in [0.25, 0.3) is 0 Å². The fourth-order valence-electron chi connectivity index (χ4n) is 3.96. The quantitative estimate of drug-likeness (QED) is 0.417. The fourth-order valence-corrected chi connectivity index (χ4v) is 3.96. The molecule has 0 amide bonds. The molecule has 2 aliphatic rings. The van der Waals surface area contributed by atoms with E-state index in [2.05, 4.69) is 20.8 Å². The molecule has 6 heteroatoms.